The topological polar surface area (TPSA) is 71.8 Å². The van der Waals surface area contributed by atoms with Gasteiger partial charge in [0.25, 0.3) is 5.91 Å². The summed E-state index contributed by atoms with van der Waals surface area (Å²) in [5.41, 5.74) is 2.30. The van der Waals surface area contributed by atoms with Crippen molar-refractivity contribution in [1.29, 1.82) is 0 Å². The molecular weight excluding hydrogens is 356 g/mol. The Balaban J connectivity index is 2.01. The van der Waals surface area contributed by atoms with Gasteiger partial charge in [-0.25, -0.2) is 4.79 Å². The number of fused-ring (bicyclic) bond motifs is 1. The third kappa shape index (κ3) is 4.07. The molecule has 0 aliphatic carbocycles. The molecule has 2 aromatic carbocycles. The summed E-state index contributed by atoms with van der Waals surface area (Å²) >= 11 is 0. The molecule has 6 nitrogen and oxygen atoms in total. The Bertz CT molecular complexity index is 965. The molecule has 0 saturated carbocycles. The number of nitrogens with zero attached hydrogens (tertiary/aromatic N) is 2. The predicted octanol–water partition coefficient (Wildman–Crippen LogP) is 3.40. The van der Waals surface area contributed by atoms with Crippen LogP contribution < -0.4 is 0 Å². The van der Waals surface area contributed by atoms with Crippen molar-refractivity contribution in [2.24, 2.45) is 0 Å². The molecule has 6 heteroatoms. The molecule has 0 bridgehead atoms. The van der Waals surface area contributed by atoms with Crippen LogP contribution in [0.25, 0.3) is 10.9 Å². The highest BCUT2D eigenvalue weighted by atomic mass is 16.5. The minimum atomic E-state index is -1.03. The van der Waals surface area contributed by atoms with Gasteiger partial charge in [-0.3, -0.25) is 4.79 Å². The van der Waals surface area contributed by atoms with Gasteiger partial charge < -0.3 is 19.3 Å². The van der Waals surface area contributed by atoms with Gasteiger partial charge in [-0.15, -0.1) is 0 Å². The van der Waals surface area contributed by atoms with Crippen molar-refractivity contribution < 1.29 is 19.4 Å². The number of carboxylic acid groups (broad SMARTS) is 1. The number of aromatic nitrogens is 1. The number of carboxylic acids is 1. The molecule has 1 N–H and O–H groups in total. The lowest BCUT2D eigenvalue weighted by molar-refractivity contribution is -0.141. The van der Waals surface area contributed by atoms with E-state index in [-0.39, 0.29) is 12.5 Å². The number of hydrogen-bond donors (Lipinski definition) is 1. The fourth-order valence-corrected chi connectivity index (χ4v) is 3.24. The van der Waals surface area contributed by atoms with Crippen molar-refractivity contribution in [3.05, 3.63) is 71.9 Å². The molecule has 0 aliphatic rings. The highest BCUT2D eigenvalue weighted by Gasteiger charge is 2.28. The zero-order chi connectivity index (χ0) is 20.1. The summed E-state index contributed by atoms with van der Waals surface area (Å²) in [5.74, 6) is -1.33. The maximum absolute atomic E-state index is 13.4. The Morgan fingerprint density at radius 2 is 1.79 bits per heavy atom. The van der Waals surface area contributed by atoms with Crippen molar-refractivity contribution in [2.75, 3.05) is 13.7 Å². The van der Waals surface area contributed by atoms with Crippen LogP contribution in [-0.4, -0.2) is 46.2 Å². The highest BCUT2D eigenvalue weighted by molar-refractivity contribution is 6.07. The molecule has 3 aromatic rings. The van der Waals surface area contributed by atoms with E-state index in [1.54, 1.807) is 13.3 Å². The number of hydrogen-bond acceptors (Lipinski definition) is 3. The molecule has 1 aromatic heterocycles. The van der Waals surface area contributed by atoms with Crippen molar-refractivity contribution in [3.63, 3.8) is 0 Å². The average molecular weight is 380 g/mol. The van der Waals surface area contributed by atoms with E-state index in [1.807, 2.05) is 59.2 Å². The van der Waals surface area contributed by atoms with Crippen LogP contribution in [0.5, 0.6) is 0 Å². The largest absolute Gasteiger partial charge is 0.480 e. The Morgan fingerprint density at radius 1 is 1.11 bits per heavy atom. The summed E-state index contributed by atoms with van der Waals surface area (Å²) in [6, 6.07) is 16.1. The number of carbonyl (C=O) groups is 2. The van der Waals surface area contributed by atoms with Gasteiger partial charge >= 0.3 is 5.97 Å². The summed E-state index contributed by atoms with van der Waals surface area (Å²) in [6.45, 7) is 2.89. The first-order valence-electron chi connectivity index (χ1n) is 9.17. The van der Waals surface area contributed by atoms with Crippen LogP contribution in [0.4, 0.5) is 0 Å². The van der Waals surface area contributed by atoms with Gasteiger partial charge in [-0.05, 0) is 18.6 Å². The van der Waals surface area contributed by atoms with Gasteiger partial charge in [0, 0.05) is 37.3 Å². The lowest BCUT2D eigenvalue weighted by Crippen LogP contribution is -2.42. The van der Waals surface area contributed by atoms with Crippen LogP contribution in [0.2, 0.25) is 0 Å². The van der Waals surface area contributed by atoms with E-state index < -0.39 is 12.0 Å². The third-order valence-electron chi connectivity index (χ3n) is 4.84. The number of para-hydroxylation sites is 1. The number of benzene rings is 2. The molecular formula is C22H24N2O4. The number of amides is 1. The van der Waals surface area contributed by atoms with E-state index in [4.69, 9.17) is 4.74 Å². The first kappa shape index (κ1) is 19.6. The van der Waals surface area contributed by atoms with E-state index in [1.165, 1.54) is 11.8 Å². The van der Waals surface area contributed by atoms with Crippen LogP contribution >= 0.6 is 0 Å². The Hall–Kier alpha value is -3.12. The fraction of sp³-hybridized carbons (Fsp3) is 0.273. The van der Waals surface area contributed by atoms with Gasteiger partial charge in [-0.1, -0.05) is 48.5 Å². The second-order valence-electron chi connectivity index (χ2n) is 6.68. The molecule has 0 aliphatic heterocycles. The monoisotopic (exact) mass is 380 g/mol. The SMILES string of the molecule is COCCn1cc(C(=O)N(Cc2ccccc2)C(C)C(=O)O)c2ccccc21. The molecule has 28 heavy (non-hydrogen) atoms. The zero-order valence-electron chi connectivity index (χ0n) is 16.0. The summed E-state index contributed by atoms with van der Waals surface area (Å²) in [6.07, 6.45) is 1.79. The molecule has 0 fully saturated rings. The highest BCUT2D eigenvalue weighted by Crippen LogP contribution is 2.24. The van der Waals surface area contributed by atoms with Crippen molar-refractivity contribution in [1.82, 2.24) is 9.47 Å². The molecule has 1 amide bonds. The van der Waals surface area contributed by atoms with E-state index >= 15 is 0 Å². The van der Waals surface area contributed by atoms with Crippen LogP contribution in [0.3, 0.4) is 0 Å². The number of rotatable bonds is 8. The fourth-order valence-electron chi connectivity index (χ4n) is 3.24. The summed E-state index contributed by atoms with van der Waals surface area (Å²) in [5, 5.41) is 10.4. The lowest BCUT2D eigenvalue weighted by Gasteiger charge is -2.26. The second kappa shape index (κ2) is 8.71. The summed E-state index contributed by atoms with van der Waals surface area (Å²) in [4.78, 5) is 26.5. The second-order valence-corrected chi connectivity index (χ2v) is 6.68. The van der Waals surface area contributed by atoms with Gasteiger partial charge in [-0.2, -0.15) is 0 Å². The summed E-state index contributed by atoms with van der Waals surface area (Å²) < 4.78 is 7.14. The van der Waals surface area contributed by atoms with Crippen LogP contribution in [-0.2, 0) is 22.6 Å². The van der Waals surface area contributed by atoms with Crippen molar-refractivity contribution in [3.8, 4) is 0 Å². The number of aliphatic carboxylic acids is 1. The van der Waals surface area contributed by atoms with Crippen LogP contribution in [0.1, 0.15) is 22.8 Å². The molecule has 0 spiro atoms. The minimum Gasteiger partial charge on any atom is -0.480 e. The first-order valence-corrected chi connectivity index (χ1v) is 9.17. The minimum absolute atomic E-state index is 0.227. The Kier molecular flexibility index (Phi) is 6.11. The van der Waals surface area contributed by atoms with Crippen molar-refractivity contribution in [2.45, 2.75) is 26.1 Å². The van der Waals surface area contributed by atoms with Crippen LogP contribution in [0, 0.1) is 0 Å². The Morgan fingerprint density at radius 3 is 2.46 bits per heavy atom. The smallest absolute Gasteiger partial charge is 0.326 e. The Labute approximate surface area is 163 Å². The van der Waals surface area contributed by atoms with E-state index in [2.05, 4.69) is 0 Å². The maximum atomic E-state index is 13.4. The zero-order valence-corrected chi connectivity index (χ0v) is 16.0. The summed E-state index contributed by atoms with van der Waals surface area (Å²) in [7, 11) is 1.63. The van der Waals surface area contributed by atoms with Crippen LogP contribution in [0.15, 0.2) is 60.8 Å². The molecule has 146 valence electrons. The van der Waals surface area contributed by atoms with Gasteiger partial charge in [0.2, 0.25) is 0 Å². The van der Waals surface area contributed by atoms with E-state index in [9.17, 15) is 14.7 Å². The van der Waals surface area contributed by atoms with Gasteiger partial charge in [0.15, 0.2) is 0 Å². The molecule has 1 atom stereocenters. The normalized spacial score (nSPS) is 12.1. The number of methoxy groups -OCH3 is 1. The average Bonchev–Trinajstić information content (AvgIpc) is 3.09. The predicted molar refractivity (Wildman–Crippen MR) is 107 cm³/mol. The molecule has 3 rings (SSSR count). The number of ether oxygens (including phenoxy) is 1. The third-order valence-corrected chi connectivity index (χ3v) is 4.84. The number of carbonyl (C=O) groups excluding carboxylic acids is 1. The molecule has 0 saturated heterocycles. The van der Waals surface area contributed by atoms with Gasteiger partial charge in [0.1, 0.15) is 6.04 Å². The molecule has 0 radical (unpaired) electrons. The van der Waals surface area contributed by atoms with E-state index in [0.29, 0.717) is 18.7 Å². The van der Waals surface area contributed by atoms with E-state index in [0.717, 1.165) is 16.5 Å². The quantitative estimate of drug-likeness (QED) is 0.650. The molecule has 1 unspecified atom stereocenters. The van der Waals surface area contributed by atoms with Gasteiger partial charge in [0.05, 0.1) is 12.2 Å². The molecule has 1 heterocycles. The lowest BCUT2D eigenvalue weighted by atomic mass is 10.1. The van der Waals surface area contributed by atoms with Crippen molar-refractivity contribution >= 4 is 22.8 Å². The first-order chi connectivity index (χ1) is 13.5. The standard InChI is InChI=1S/C22H24N2O4/c1-16(22(26)27)24(14-17-8-4-3-5-9-17)21(25)19-15-23(12-13-28-2)20-11-7-6-10-18(19)20/h3-11,15-16H,12-14H2,1-2H3,(H,26,27). The maximum Gasteiger partial charge on any atom is 0.326 e.